The number of carbonyl (C=O) groups excluding carboxylic acids is 1. The molecule has 0 amide bonds. The number of rotatable bonds is 2. The van der Waals surface area contributed by atoms with Crippen LogP contribution in [0.25, 0.3) is 10.9 Å². The number of ether oxygens (including phenoxy) is 1. The van der Waals surface area contributed by atoms with E-state index in [1.54, 1.807) is 0 Å². The van der Waals surface area contributed by atoms with Crippen molar-refractivity contribution in [3.8, 4) is 0 Å². The van der Waals surface area contributed by atoms with Gasteiger partial charge in [-0.05, 0) is 31.2 Å². The Kier molecular flexibility index (Phi) is 8.97. The molecule has 0 fully saturated rings. The standard InChI is InChI=1S/C12H12BrNO2.2C2H6/c1-8(12(15)16-2)14-6-5-9-7-10(13)3-4-11(9)14;2*1-2/h3-8H,1-2H3;2*1-2H3. The van der Waals surface area contributed by atoms with Crippen LogP contribution in [0.2, 0.25) is 0 Å². The maximum Gasteiger partial charge on any atom is 0.328 e. The summed E-state index contributed by atoms with van der Waals surface area (Å²) in [4.78, 5) is 11.5. The van der Waals surface area contributed by atoms with Gasteiger partial charge in [0.1, 0.15) is 6.04 Å². The third kappa shape index (κ3) is 4.37. The van der Waals surface area contributed by atoms with Crippen LogP contribution in [-0.2, 0) is 9.53 Å². The van der Waals surface area contributed by atoms with Gasteiger partial charge < -0.3 is 9.30 Å². The average Bonchev–Trinajstić information content (AvgIpc) is 2.92. The second-order valence-corrected chi connectivity index (χ2v) is 4.54. The number of nitrogens with zero attached hydrogens (tertiary/aromatic N) is 1. The van der Waals surface area contributed by atoms with E-state index in [2.05, 4.69) is 15.9 Å². The Balaban J connectivity index is 0.000000829. The molecule has 4 heteroatoms. The molecule has 0 bridgehead atoms. The summed E-state index contributed by atoms with van der Waals surface area (Å²) in [6.07, 6.45) is 1.90. The molecule has 1 heterocycles. The number of fused-ring (bicyclic) bond motifs is 1. The van der Waals surface area contributed by atoms with Gasteiger partial charge in [-0.15, -0.1) is 0 Å². The predicted octanol–water partition coefficient (Wildman–Crippen LogP) is 5.19. The zero-order chi connectivity index (χ0) is 15.7. The molecular weight excluding hydrogens is 318 g/mol. The molecule has 3 nitrogen and oxygen atoms in total. The second-order valence-electron chi connectivity index (χ2n) is 3.63. The Bertz CT molecular complexity index is 534. The molecule has 0 aliphatic carbocycles. The molecule has 1 atom stereocenters. The molecule has 0 aliphatic rings. The van der Waals surface area contributed by atoms with E-state index in [-0.39, 0.29) is 12.0 Å². The van der Waals surface area contributed by atoms with Crippen molar-refractivity contribution in [2.24, 2.45) is 0 Å². The quantitative estimate of drug-likeness (QED) is 0.703. The minimum Gasteiger partial charge on any atom is -0.467 e. The van der Waals surface area contributed by atoms with Crippen LogP contribution in [0.1, 0.15) is 40.7 Å². The molecule has 20 heavy (non-hydrogen) atoms. The maximum atomic E-state index is 11.5. The first kappa shape index (κ1) is 18.7. The van der Waals surface area contributed by atoms with E-state index in [1.165, 1.54) is 7.11 Å². The van der Waals surface area contributed by atoms with E-state index in [0.29, 0.717) is 0 Å². The van der Waals surface area contributed by atoms with Crippen molar-refractivity contribution in [2.75, 3.05) is 7.11 Å². The van der Waals surface area contributed by atoms with E-state index in [4.69, 9.17) is 4.74 Å². The van der Waals surface area contributed by atoms with Crippen molar-refractivity contribution in [1.82, 2.24) is 4.57 Å². The molecule has 2 rings (SSSR count). The summed E-state index contributed by atoms with van der Waals surface area (Å²) >= 11 is 3.42. The van der Waals surface area contributed by atoms with Gasteiger partial charge in [-0.25, -0.2) is 4.79 Å². The Morgan fingerprint density at radius 2 is 1.80 bits per heavy atom. The topological polar surface area (TPSA) is 31.2 Å². The smallest absolute Gasteiger partial charge is 0.328 e. The lowest BCUT2D eigenvalue weighted by molar-refractivity contribution is -0.143. The molecule has 0 N–H and O–H groups in total. The fourth-order valence-electron chi connectivity index (χ4n) is 1.76. The molecule has 2 aromatic rings. The van der Waals surface area contributed by atoms with Crippen LogP contribution in [0.15, 0.2) is 34.9 Å². The van der Waals surface area contributed by atoms with Gasteiger partial charge in [0.25, 0.3) is 0 Å². The number of benzene rings is 1. The van der Waals surface area contributed by atoms with Crippen LogP contribution < -0.4 is 0 Å². The number of halogens is 1. The van der Waals surface area contributed by atoms with Crippen molar-refractivity contribution >= 4 is 32.8 Å². The van der Waals surface area contributed by atoms with Crippen LogP contribution in [0.3, 0.4) is 0 Å². The molecule has 1 aromatic heterocycles. The van der Waals surface area contributed by atoms with Gasteiger partial charge in [0.15, 0.2) is 0 Å². The van der Waals surface area contributed by atoms with Crippen molar-refractivity contribution < 1.29 is 9.53 Å². The van der Waals surface area contributed by atoms with Crippen molar-refractivity contribution in [1.29, 1.82) is 0 Å². The normalized spacial score (nSPS) is 10.8. The van der Waals surface area contributed by atoms with Gasteiger partial charge in [-0.3, -0.25) is 0 Å². The first-order valence-electron chi connectivity index (χ1n) is 6.97. The third-order valence-corrected chi connectivity index (χ3v) is 3.14. The van der Waals surface area contributed by atoms with Crippen LogP contribution in [0, 0.1) is 0 Å². The summed E-state index contributed by atoms with van der Waals surface area (Å²) in [6, 6.07) is 7.65. The number of carbonyl (C=O) groups is 1. The Labute approximate surface area is 130 Å². The molecular formula is C16H24BrNO2. The highest BCUT2D eigenvalue weighted by molar-refractivity contribution is 9.10. The summed E-state index contributed by atoms with van der Waals surface area (Å²) in [6.45, 7) is 9.83. The second kappa shape index (κ2) is 9.59. The SMILES string of the molecule is CC.CC.COC(=O)C(C)n1ccc2cc(Br)ccc21. The van der Waals surface area contributed by atoms with Gasteiger partial charge >= 0.3 is 5.97 Å². The molecule has 0 saturated carbocycles. The number of methoxy groups -OCH3 is 1. The summed E-state index contributed by atoms with van der Waals surface area (Å²) in [5.41, 5.74) is 1.03. The van der Waals surface area contributed by atoms with Crippen LogP contribution in [-0.4, -0.2) is 17.6 Å². The first-order chi connectivity index (χ1) is 9.63. The highest BCUT2D eigenvalue weighted by Crippen LogP contribution is 2.24. The summed E-state index contributed by atoms with van der Waals surface area (Å²) < 4.78 is 7.68. The van der Waals surface area contributed by atoms with Gasteiger partial charge in [-0.1, -0.05) is 43.6 Å². The van der Waals surface area contributed by atoms with E-state index in [1.807, 2.05) is 69.6 Å². The van der Waals surface area contributed by atoms with Crippen LogP contribution in [0.4, 0.5) is 0 Å². The Hall–Kier alpha value is -1.29. The van der Waals surface area contributed by atoms with E-state index in [0.717, 1.165) is 15.4 Å². The van der Waals surface area contributed by atoms with Crippen molar-refractivity contribution in [3.63, 3.8) is 0 Å². The van der Waals surface area contributed by atoms with Crippen LogP contribution >= 0.6 is 15.9 Å². The Morgan fingerprint density at radius 3 is 2.35 bits per heavy atom. The average molecular weight is 342 g/mol. The summed E-state index contributed by atoms with van der Waals surface area (Å²) in [5.74, 6) is -0.236. The van der Waals surface area contributed by atoms with Gasteiger partial charge in [0.05, 0.1) is 7.11 Å². The molecule has 0 aliphatic heterocycles. The van der Waals surface area contributed by atoms with E-state index >= 15 is 0 Å². The monoisotopic (exact) mass is 341 g/mol. The highest BCUT2D eigenvalue weighted by atomic mass is 79.9. The summed E-state index contributed by atoms with van der Waals surface area (Å²) in [5, 5.41) is 1.10. The van der Waals surface area contributed by atoms with E-state index < -0.39 is 0 Å². The fraction of sp³-hybridized carbons (Fsp3) is 0.438. The van der Waals surface area contributed by atoms with Crippen LogP contribution in [0.5, 0.6) is 0 Å². The van der Waals surface area contributed by atoms with Crippen molar-refractivity contribution in [3.05, 3.63) is 34.9 Å². The molecule has 0 radical (unpaired) electrons. The third-order valence-electron chi connectivity index (χ3n) is 2.64. The zero-order valence-electron chi connectivity index (χ0n) is 13.1. The molecule has 0 spiro atoms. The number of hydrogen-bond acceptors (Lipinski definition) is 2. The number of aromatic nitrogens is 1. The molecule has 1 aromatic carbocycles. The fourth-order valence-corrected chi connectivity index (χ4v) is 2.14. The molecule has 112 valence electrons. The Morgan fingerprint density at radius 1 is 1.20 bits per heavy atom. The minimum atomic E-state index is -0.302. The lowest BCUT2D eigenvalue weighted by atomic mass is 10.2. The first-order valence-corrected chi connectivity index (χ1v) is 7.76. The lowest BCUT2D eigenvalue weighted by Crippen LogP contribution is -2.16. The zero-order valence-corrected chi connectivity index (χ0v) is 14.7. The maximum absolute atomic E-state index is 11.5. The molecule has 0 saturated heterocycles. The number of esters is 1. The largest absolute Gasteiger partial charge is 0.467 e. The summed E-state index contributed by atoms with van der Waals surface area (Å²) in [7, 11) is 1.40. The predicted molar refractivity (Wildman–Crippen MR) is 89.1 cm³/mol. The minimum absolute atomic E-state index is 0.236. The van der Waals surface area contributed by atoms with E-state index in [9.17, 15) is 4.79 Å². The van der Waals surface area contributed by atoms with Gasteiger partial charge in [-0.2, -0.15) is 0 Å². The molecule has 1 unspecified atom stereocenters. The van der Waals surface area contributed by atoms with Crippen molar-refractivity contribution in [2.45, 2.75) is 40.7 Å². The highest BCUT2D eigenvalue weighted by Gasteiger charge is 2.16. The van der Waals surface area contributed by atoms with Gasteiger partial charge in [0.2, 0.25) is 0 Å². The lowest BCUT2D eigenvalue weighted by Gasteiger charge is -2.12. The van der Waals surface area contributed by atoms with Gasteiger partial charge in [0, 0.05) is 21.6 Å². The number of hydrogen-bond donors (Lipinski definition) is 0.